The van der Waals surface area contributed by atoms with Gasteiger partial charge in [0.05, 0.1) is 12.0 Å². The number of nitrogens with zero attached hydrogens (tertiary/aromatic N) is 1. The van der Waals surface area contributed by atoms with E-state index in [-0.39, 0.29) is 18.2 Å². The van der Waals surface area contributed by atoms with E-state index >= 15 is 0 Å². The van der Waals surface area contributed by atoms with Crippen molar-refractivity contribution in [3.05, 3.63) is 29.3 Å². The summed E-state index contributed by atoms with van der Waals surface area (Å²) in [5.74, 6) is -0.247. The SMILES string of the molecule is CCCC(C#N)CC(=O)Nc1c(C)cccc1CC. The lowest BCUT2D eigenvalue weighted by Gasteiger charge is -2.14. The maximum absolute atomic E-state index is 12.0. The molecule has 0 saturated heterocycles. The van der Waals surface area contributed by atoms with Crippen LogP contribution < -0.4 is 5.32 Å². The van der Waals surface area contributed by atoms with Gasteiger partial charge in [0.25, 0.3) is 0 Å². The first-order chi connectivity index (χ1) is 9.12. The predicted molar refractivity (Wildman–Crippen MR) is 77.8 cm³/mol. The molecule has 1 unspecified atom stereocenters. The standard InChI is InChI=1S/C16H22N2O/c1-4-7-13(11-17)10-15(19)18-16-12(3)8-6-9-14(16)5-2/h6,8-9,13H,4-5,7,10H2,1-3H3,(H,18,19). The molecule has 0 aromatic heterocycles. The van der Waals surface area contributed by atoms with E-state index in [9.17, 15) is 4.79 Å². The topological polar surface area (TPSA) is 52.9 Å². The summed E-state index contributed by atoms with van der Waals surface area (Å²) in [6, 6.07) is 8.21. The van der Waals surface area contributed by atoms with Crippen molar-refractivity contribution in [3.63, 3.8) is 0 Å². The number of benzene rings is 1. The van der Waals surface area contributed by atoms with Crippen LogP contribution in [0.5, 0.6) is 0 Å². The van der Waals surface area contributed by atoms with Gasteiger partial charge in [-0.3, -0.25) is 4.79 Å². The van der Waals surface area contributed by atoms with Gasteiger partial charge in [0.2, 0.25) is 5.91 Å². The number of nitrogens with one attached hydrogen (secondary N) is 1. The highest BCUT2D eigenvalue weighted by Crippen LogP contribution is 2.22. The number of hydrogen-bond acceptors (Lipinski definition) is 2. The fraction of sp³-hybridized carbons (Fsp3) is 0.500. The third-order valence-electron chi connectivity index (χ3n) is 3.26. The van der Waals surface area contributed by atoms with Crippen molar-refractivity contribution in [1.82, 2.24) is 0 Å². The van der Waals surface area contributed by atoms with Gasteiger partial charge in [-0.1, -0.05) is 38.5 Å². The Kier molecular flexibility index (Phi) is 6.08. The lowest BCUT2D eigenvalue weighted by molar-refractivity contribution is -0.116. The summed E-state index contributed by atoms with van der Waals surface area (Å²) >= 11 is 0. The molecule has 0 aliphatic rings. The van der Waals surface area contributed by atoms with Crippen LogP contribution in [0, 0.1) is 24.2 Å². The van der Waals surface area contributed by atoms with E-state index in [0.717, 1.165) is 36.1 Å². The molecule has 0 saturated carbocycles. The van der Waals surface area contributed by atoms with E-state index in [2.05, 4.69) is 18.3 Å². The van der Waals surface area contributed by atoms with Crippen LogP contribution in [0.15, 0.2) is 18.2 Å². The van der Waals surface area contributed by atoms with E-state index < -0.39 is 0 Å². The first kappa shape index (κ1) is 15.2. The smallest absolute Gasteiger partial charge is 0.225 e. The van der Waals surface area contributed by atoms with Crippen molar-refractivity contribution >= 4 is 11.6 Å². The van der Waals surface area contributed by atoms with Crippen molar-refractivity contribution in [1.29, 1.82) is 5.26 Å². The van der Waals surface area contributed by atoms with Gasteiger partial charge < -0.3 is 5.32 Å². The Morgan fingerprint density at radius 2 is 2.16 bits per heavy atom. The van der Waals surface area contributed by atoms with Crippen LogP contribution in [0.2, 0.25) is 0 Å². The summed E-state index contributed by atoms with van der Waals surface area (Å²) in [6.07, 6.45) is 2.87. The molecule has 0 fully saturated rings. The fourth-order valence-electron chi connectivity index (χ4n) is 2.18. The highest BCUT2D eigenvalue weighted by atomic mass is 16.1. The molecule has 1 N–H and O–H groups in total. The predicted octanol–water partition coefficient (Wildman–Crippen LogP) is 3.83. The molecule has 0 spiro atoms. The fourth-order valence-corrected chi connectivity index (χ4v) is 2.18. The molecule has 0 radical (unpaired) electrons. The highest BCUT2D eigenvalue weighted by molar-refractivity contribution is 5.92. The number of amides is 1. The number of nitriles is 1. The molecule has 0 heterocycles. The van der Waals surface area contributed by atoms with Gasteiger partial charge in [-0.15, -0.1) is 0 Å². The molecule has 1 aromatic carbocycles. The van der Waals surface area contributed by atoms with Crippen molar-refractivity contribution in [2.45, 2.75) is 46.5 Å². The molecular weight excluding hydrogens is 236 g/mol. The minimum atomic E-state index is -0.181. The van der Waals surface area contributed by atoms with Crippen molar-refractivity contribution in [2.24, 2.45) is 5.92 Å². The summed E-state index contributed by atoms with van der Waals surface area (Å²) in [6.45, 7) is 6.08. The van der Waals surface area contributed by atoms with E-state index in [4.69, 9.17) is 5.26 Å². The van der Waals surface area contributed by atoms with Crippen LogP contribution in [0.25, 0.3) is 0 Å². The first-order valence-corrected chi connectivity index (χ1v) is 6.90. The molecular formula is C16H22N2O. The van der Waals surface area contributed by atoms with Crippen molar-refractivity contribution in [3.8, 4) is 6.07 Å². The Balaban J connectivity index is 2.75. The zero-order valence-corrected chi connectivity index (χ0v) is 12.0. The zero-order valence-electron chi connectivity index (χ0n) is 12.0. The molecule has 0 aliphatic heterocycles. The summed E-state index contributed by atoms with van der Waals surface area (Å²) < 4.78 is 0. The van der Waals surface area contributed by atoms with E-state index in [0.29, 0.717) is 0 Å². The van der Waals surface area contributed by atoms with Gasteiger partial charge >= 0.3 is 0 Å². The maximum Gasteiger partial charge on any atom is 0.225 e. The molecule has 3 heteroatoms. The normalized spacial score (nSPS) is 11.7. The number of carbonyl (C=O) groups excluding carboxylic acids is 1. The van der Waals surface area contributed by atoms with Crippen LogP contribution in [0.3, 0.4) is 0 Å². The number of carbonyl (C=O) groups is 1. The summed E-state index contributed by atoms with van der Waals surface area (Å²) in [5.41, 5.74) is 3.11. The number of hydrogen-bond donors (Lipinski definition) is 1. The second-order valence-electron chi connectivity index (χ2n) is 4.83. The third kappa shape index (κ3) is 4.40. The number of para-hydroxylation sites is 1. The average Bonchev–Trinajstić information content (AvgIpc) is 2.40. The van der Waals surface area contributed by atoms with Gasteiger partial charge in [0, 0.05) is 12.1 Å². The second kappa shape index (κ2) is 7.58. The summed E-state index contributed by atoms with van der Waals surface area (Å²) in [5, 5.41) is 12.0. The summed E-state index contributed by atoms with van der Waals surface area (Å²) in [7, 11) is 0. The molecule has 3 nitrogen and oxygen atoms in total. The van der Waals surface area contributed by atoms with E-state index in [1.807, 2.05) is 32.0 Å². The molecule has 1 aromatic rings. The Morgan fingerprint density at radius 1 is 1.42 bits per heavy atom. The van der Waals surface area contributed by atoms with Crippen LogP contribution in [-0.2, 0) is 11.2 Å². The number of aryl methyl sites for hydroxylation is 2. The molecule has 102 valence electrons. The Labute approximate surface area is 115 Å². The largest absolute Gasteiger partial charge is 0.326 e. The van der Waals surface area contributed by atoms with Crippen LogP contribution in [0.4, 0.5) is 5.69 Å². The van der Waals surface area contributed by atoms with Gasteiger partial charge in [-0.25, -0.2) is 0 Å². The minimum absolute atomic E-state index is 0.0657. The lowest BCUT2D eigenvalue weighted by atomic mass is 10.0. The second-order valence-corrected chi connectivity index (χ2v) is 4.83. The van der Waals surface area contributed by atoms with Gasteiger partial charge in [-0.05, 0) is 30.9 Å². The van der Waals surface area contributed by atoms with E-state index in [1.54, 1.807) is 0 Å². The number of rotatable bonds is 6. The Morgan fingerprint density at radius 3 is 2.74 bits per heavy atom. The lowest BCUT2D eigenvalue weighted by Crippen LogP contribution is -2.17. The quantitative estimate of drug-likeness (QED) is 0.843. The minimum Gasteiger partial charge on any atom is -0.326 e. The van der Waals surface area contributed by atoms with Crippen LogP contribution in [0.1, 0.15) is 44.2 Å². The first-order valence-electron chi connectivity index (χ1n) is 6.90. The number of anilines is 1. The van der Waals surface area contributed by atoms with Crippen LogP contribution >= 0.6 is 0 Å². The molecule has 19 heavy (non-hydrogen) atoms. The Hall–Kier alpha value is -1.82. The monoisotopic (exact) mass is 258 g/mol. The van der Waals surface area contributed by atoms with Crippen molar-refractivity contribution < 1.29 is 4.79 Å². The highest BCUT2D eigenvalue weighted by Gasteiger charge is 2.14. The zero-order chi connectivity index (χ0) is 14.3. The molecule has 0 bridgehead atoms. The van der Waals surface area contributed by atoms with E-state index in [1.165, 1.54) is 0 Å². The Bertz CT molecular complexity index is 474. The third-order valence-corrected chi connectivity index (χ3v) is 3.26. The van der Waals surface area contributed by atoms with Crippen LogP contribution in [-0.4, -0.2) is 5.91 Å². The molecule has 1 amide bonds. The molecule has 0 aliphatic carbocycles. The van der Waals surface area contributed by atoms with Gasteiger partial charge in [0.1, 0.15) is 0 Å². The van der Waals surface area contributed by atoms with Gasteiger partial charge in [0.15, 0.2) is 0 Å². The average molecular weight is 258 g/mol. The summed E-state index contributed by atoms with van der Waals surface area (Å²) in [4.78, 5) is 12.0. The van der Waals surface area contributed by atoms with Crippen molar-refractivity contribution in [2.75, 3.05) is 5.32 Å². The maximum atomic E-state index is 12.0. The van der Waals surface area contributed by atoms with Gasteiger partial charge in [-0.2, -0.15) is 5.26 Å². The molecule has 1 atom stereocenters. The molecule has 1 rings (SSSR count).